The molecule has 70 valence electrons. The number of carbonyl (C=O) groups is 2. The maximum Gasteiger partial charge on any atom is 0.327 e. The summed E-state index contributed by atoms with van der Waals surface area (Å²) >= 11 is 4.05. The zero-order valence-electron chi connectivity index (χ0n) is 8.00. The Morgan fingerprint density at radius 2 is 2.17 bits per heavy atom. The van der Waals surface area contributed by atoms with Gasteiger partial charge < -0.3 is 10.4 Å². The molecule has 0 aromatic carbocycles. The molecule has 0 spiro atoms. The Labute approximate surface area is 78.2 Å². The predicted octanol–water partition coefficient (Wildman–Crippen LogP) is 0.284. The highest BCUT2D eigenvalue weighted by Gasteiger charge is 2.32. The molecule has 0 aromatic rings. The standard InChI is InChI=1S/C7H13NO3S/c1-4(9)8-5(6(10)11)7(2,3)12/h5,12H,1-3H3,(H,8,9)(H,10,11)/t5-/m1/s1/i1D. The molecular weight excluding hydrogens is 178 g/mol. The van der Waals surface area contributed by atoms with Crippen LogP contribution in [0.15, 0.2) is 0 Å². The Bertz CT molecular complexity index is 214. The third kappa shape index (κ3) is 3.61. The molecule has 5 heteroatoms. The fraction of sp³-hybridized carbons (Fsp3) is 0.714. The summed E-state index contributed by atoms with van der Waals surface area (Å²) in [5.74, 6) is -1.77. The molecule has 0 aliphatic heterocycles. The first kappa shape index (κ1) is 9.38. The smallest absolute Gasteiger partial charge is 0.327 e. The van der Waals surface area contributed by atoms with Crippen LogP contribution in [0, 0.1) is 0 Å². The fourth-order valence-corrected chi connectivity index (χ4v) is 0.876. The second-order valence-corrected chi connectivity index (χ2v) is 4.15. The number of amides is 1. The van der Waals surface area contributed by atoms with Gasteiger partial charge in [0.05, 0.1) is 0 Å². The van der Waals surface area contributed by atoms with Crippen molar-refractivity contribution in [3.63, 3.8) is 0 Å². The van der Waals surface area contributed by atoms with Crippen molar-refractivity contribution in [3.05, 3.63) is 0 Å². The lowest BCUT2D eigenvalue weighted by Gasteiger charge is -2.26. The first-order valence-electron chi connectivity index (χ1n) is 4.03. The number of rotatable bonds is 3. The largest absolute Gasteiger partial charge is 0.480 e. The van der Waals surface area contributed by atoms with Gasteiger partial charge in [0.1, 0.15) is 6.04 Å². The minimum Gasteiger partial charge on any atom is -0.480 e. The molecule has 0 bridgehead atoms. The van der Waals surface area contributed by atoms with Crippen molar-refractivity contribution in [2.75, 3.05) is 0 Å². The van der Waals surface area contributed by atoms with E-state index in [0.29, 0.717) is 0 Å². The topological polar surface area (TPSA) is 66.4 Å². The average molecular weight is 192 g/mol. The summed E-state index contributed by atoms with van der Waals surface area (Å²) in [5.41, 5.74) is 0. The number of carboxylic acid groups (broad SMARTS) is 1. The van der Waals surface area contributed by atoms with E-state index in [9.17, 15) is 9.59 Å². The Hall–Kier alpha value is -0.710. The molecular formula is C7H13NO3S. The number of hydrogen-bond donors (Lipinski definition) is 3. The minimum atomic E-state index is -1.15. The Kier molecular flexibility index (Phi) is 2.97. The maximum atomic E-state index is 10.8. The molecule has 4 nitrogen and oxygen atoms in total. The van der Waals surface area contributed by atoms with Crippen molar-refractivity contribution < 1.29 is 16.1 Å². The summed E-state index contributed by atoms with van der Waals surface area (Å²) in [6.45, 7) is 2.69. The second kappa shape index (κ2) is 3.80. The molecule has 0 unspecified atom stereocenters. The average Bonchev–Trinajstić information content (AvgIpc) is 1.96. The van der Waals surface area contributed by atoms with Crippen LogP contribution in [0.25, 0.3) is 0 Å². The first-order chi connectivity index (χ1) is 5.79. The molecule has 0 saturated carbocycles. The van der Waals surface area contributed by atoms with E-state index in [1.807, 2.05) is 0 Å². The van der Waals surface area contributed by atoms with Crippen LogP contribution in [0.4, 0.5) is 0 Å². The summed E-state index contributed by atoms with van der Waals surface area (Å²) in [5, 5.41) is 10.9. The zero-order chi connectivity index (χ0) is 10.6. The third-order valence-corrected chi connectivity index (χ3v) is 1.52. The van der Waals surface area contributed by atoms with E-state index in [2.05, 4.69) is 17.9 Å². The number of hydrogen-bond acceptors (Lipinski definition) is 3. The molecule has 0 aromatic heterocycles. The van der Waals surface area contributed by atoms with Crippen molar-refractivity contribution in [2.45, 2.75) is 31.5 Å². The van der Waals surface area contributed by atoms with Crippen LogP contribution in [0.5, 0.6) is 0 Å². The molecule has 0 aliphatic rings. The van der Waals surface area contributed by atoms with Crippen molar-refractivity contribution in [1.29, 1.82) is 0 Å². The molecule has 0 radical (unpaired) electrons. The van der Waals surface area contributed by atoms with Crippen molar-refractivity contribution in [3.8, 4) is 0 Å². The SMILES string of the molecule is [2H]CC(=O)N[C@H](C(=O)O)C(C)(C)S. The Morgan fingerprint density at radius 3 is 2.42 bits per heavy atom. The summed E-state index contributed by atoms with van der Waals surface area (Å²) in [4.78, 5) is 21.5. The monoisotopic (exact) mass is 192 g/mol. The lowest BCUT2D eigenvalue weighted by Crippen LogP contribution is -2.50. The summed E-state index contributed by atoms with van der Waals surface area (Å²) in [7, 11) is 0. The Morgan fingerprint density at radius 1 is 1.67 bits per heavy atom. The van der Waals surface area contributed by atoms with Crippen LogP contribution in [0.2, 0.25) is 0 Å². The minimum absolute atomic E-state index is 0.479. The number of carbonyl (C=O) groups excluding carboxylic acids is 1. The van der Waals surface area contributed by atoms with E-state index < -0.39 is 29.6 Å². The van der Waals surface area contributed by atoms with Crippen LogP contribution in [0.1, 0.15) is 22.1 Å². The predicted molar refractivity (Wildman–Crippen MR) is 48.3 cm³/mol. The van der Waals surface area contributed by atoms with E-state index in [1.165, 1.54) is 0 Å². The second-order valence-electron chi connectivity index (χ2n) is 2.99. The number of carboxylic acids is 1. The van der Waals surface area contributed by atoms with Gasteiger partial charge in [-0.25, -0.2) is 4.79 Å². The third-order valence-electron chi connectivity index (χ3n) is 1.26. The molecule has 1 amide bonds. The van der Waals surface area contributed by atoms with Gasteiger partial charge in [-0.15, -0.1) is 0 Å². The molecule has 2 N–H and O–H groups in total. The molecule has 0 rings (SSSR count). The fourth-order valence-electron chi connectivity index (χ4n) is 0.702. The van der Waals surface area contributed by atoms with Gasteiger partial charge in [-0.3, -0.25) is 4.79 Å². The lowest BCUT2D eigenvalue weighted by molar-refractivity contribution is -0.142. The molecule has 0 heterocycles. The van der Waals surface area contributed by atoms with Crippen LogP contribution in [0.3, 0.4) is 0 Å². The summed E-state index contributed by atoms with van der Waals surface area (Å²) in [6, 6.07) is -1.08. The summed E-state index contributed by atoms with van der Waals surface area (Å²) in [6.07, 6.45) is 0. The number of aliphatic carboxylic acids is 1. The molecule has 1 atom stereocenters. The lowest BCUT2D eigenvalue weighted by atomic mass is 10.0. The number of thiol groups is 1. The highest BCUT2D eigenvalue weighted by Crippen LogP contribution is 2.17. The van der Waals surface area contributed by atoms with E-state index in [-0.39, 0.29) is 0 Å². The number of nitrogens with one attached hydrogen (secondary N) is 1. The van der Waals surface area contributed by atoms with E-state index in [1.54, 1.807) is 13.8 Å². The zero-order valence-corrected chi connectivity index (χ0v) is 7.89. The van der Waals surface area contributed by atoms with Gasteiger partial charge >= 0.3 is 5.97 Å². The molecule has 0 aliphatic carbocycles. The van der Waals surface area contributed by atoms with E-state index in [0.717, 1.165) is 0 Å². The van der Waals surface area contributed by atoms with Gasteiger partial charge in [-0.05, 0) is 13.8 Å². The van der Waals surface area contributed by atoms with Crippen LogP contribution < -0.4 is 5.32 Å². The molecule has 0 saturated heterocycles. The highest BCUT2D eigenvalue weighted by molar-refractivity contribution is 7.81. The quantitative estimate of drug-likeness (QED) is 0.563. The normalized spacial score (nSPS) is 14.8. The Balaban J connectivity index is 4.46. The molecule has 0 fully saturated rings. The highest BCUT2D eigenvalue weighted by atomic mass is 32.1. The van der Waals surface area contributed by atoms with Gasteiger partial charge in [0.15, 0.2) is 0 Å². The summed E-state index contributed by atoms with van der Waals surface area (Å²) < 4.78 is 5.87. The van der Waals surface area contributed by atoms with Crippen molar-refractivity contribution in [2.24, 2.45) is 0 Å². The van der Waals surface area contributed by atoms with E-state index in [4.69, 9.17) is 6.48 Å². The van der Waals surface area contributed by atoms with Crippen LogP contribution in [-0.4, -0.2) is 27.8 Å². The van der Waals surface area contributed by atoms with Gasteiger partial charge in [-0.1, -0.05) is 0 Å². The van der Waals surface area contributed by atoms with Gasteiger partial charge in [-0.2, -0.15) is 12.6 Å². The van der Waals surface area contributed by atoms with Gasteiger partial charge in [0.25, 0.3) is 0 Å². The van der Waals surface area contributed by atoms with Crippen LogP contribution >= 0.6 is 12.6 Å². The van der Waals surface area contributed by atoms with Gasteiger partial charge in [0.2, 0.25) is 5.91 Å². The first-order valence-corrected chi connectivity index (χ1v) is 3.77. The van der Waals surface area contributed by atoms with E-state index >= 15 is 0 Å². The van der Waals surface area contributed by atoms with Crippen molar-refractivity contribution in [1.82, 2.24) is 5.32 Å². The van der Waals surface area contributed by atoms with Crippen molar-refractivity contribution >= 4 is 24.5 Å². The van der Waals surface area contributed by atoms with Gasteiger partial charge in [0, 0.05) is 13.0 Å². The van der Waals surface area contributed by atoms with Crippen LogP contribution in [-0.2, 0) is 9.59 Å². The maximum absolute atomic E-state index is 10.8. The molecule has 12 heavy (non-hydrogen) atoms.